The van der Waals surface area contributed by atoms with E-state index in [1.165, 1.54) is 54.6 Å². The molecule has 33 heavy (non-hydrogen) atoms. The molecule has 172 valence electrons. The van der Waals surface area contributed by atoms with Crippen molar-refractivity contribution >= 4 is 23.9 Å². The Labute approximate surface area is 188 Å². The van der Waals surface area contributed by atoms with E-state index >= 15 is 4.39 Å². The quantitative estimate of drug-likeness (QED) is 0.0787. The number of hydrogen-bond acceptors (Lipinski definition) is 3. The standard InChI is InChI=1S/C23H13ClF6O3/c24-23(30,11-31)15(13-9-5-2-6-10-13)14(12-7-3-1-4-8-12)22(32)33-21-19(28)17(26)16(25)18(27)20(21)29/h1-11,14-15H/t14-,15+,23-/m0/s1. The van der Waals surface area contributed by atoms with Crippen molar-refractivity contribution in [3.63, 3.8) is 0 Å². The third kappa shape index (κ3) is 4.73. The van der Waals surface area contributed by atoms with Crippen LogP contribution in [0.5, 0.6) is 5.75 Å². The Morgan fingerprint density at radius 1 is 0.788 bits per heavy atom. The van der Waals surface area contributed by atoms with Crippen molar-refractivity contribution in [2.45, 2.75) is 17.0 Å². The summed E-state index contributed by atoms with van der Waals surface area (Å²) in [7, 11) is 0. The number of ether oxygens (including phenoxy) is 1. The molecule has 0 aliphatic heterocycles. The van der Waals surface area contributed by atoms with Gasteiger partial charge in [-0.05, 0) is 11.1 Å². The Hall–Kier alpha value is -3.33. The second-order valence-electron chi connectivity index (χ2n) is 6.89. The summed E-state index contributed by atoms with van der Waals surface area (Å²) >= 11 is 5.79. The molecule has 0 radical (unpaired) electrons. The third-order valence-corrected chi connectivity index (χ3v) is 5.17. The lowest BCUT2D eigenvalue weighted by molar-refractivity contribution is -0.138. The van der Waals surface area contributed by atoms with Gasteiger partial charge in [0, 0.05) is 0 Å². The van der Waals surface area contributed by atoms with Gasteiger partial charge in [-0.2, -0.15) is 8.78 Å². The second kappa shape index (κ2) is 9.66. The third-order valence-electron chi connectivity index (χ3n) is 4.85. The van der Waals surface area contributed by atoms with Crippen molar-refractivity contribution < 1.29 is 40.7 Å². The Kier molecular flexibility index (Phi) is 7.12. The molecular formula is C23H13ClF6O3. The van der Waals surface area contributed by atoms with Crippen LogP contribution >= 0.6 is 11.6 Å². The zero-order valence-electron chi connectivity index (χ0n) is 16.4. The fourth-order valence-electron chi connectivity index (χ4n) is 3.33. The molecule has 0 amide bonds. The van der Waals surface area contributed by atoms with Crippen LogP contribution in [-0.4, -0.2) is 17.4 Å². The summed E-state index contributed by atoms with van der Waals surface area (Å²) in [5.41, 5.74) is 0.0371. The van der Waals surface area contributed by atoms with Crippen LogP contribution in [0.2, 0.25) is 0 Å². The molecule has 10 heteroatoms. The summed E-state index contributed by atoms with van der Waals surface area (Å²) in [5.74, 6) is -19.0. The molecule has 0 saturated carbocycles. The van der Waals surface area contributed by atoms with Crippen molar-refractivity contribution in [2.75, 3.05) is 0 Å². The van der Waals surface area contributed by atoms with E-state index < -0.39 is 57.8 Å². The van der Waals surface area contributed by atoms with Crippen LogP contribution < -0.4 is 4.74 Å². The molecule has 3 nitrogen and oxygen atoms in total. The minimum atomic E-state index is -3.21. The Balaban J connectivity index is 2.18. The van der Waals surface area contributed by atoms with Gasteiger partial charge in [0.1, 0.15) is 0 Å². The van der Waals surface area contributed by atoms with E-state index in [2.05, 4.69) is 4.74 Å². The average Bonchev–Trinajstić information content (AvgIpc) is 2.83. The van der Waals surface area contributed by atoms with Crippen molar-refractivity contribution in [3.8, 4) is 5.75 Å². The van der Waals surface area contributed by atoms with E-state index in [-0.39, 0.29) is 17.4 Å². The van der Waals surface area contributed by atoms with E-state index in [4.69, 9.17) is 11.6 Å². The molecule has 0 spiro atoms. The number of halogens is 7. The van der Waals surface area contributed by atoms with Gasteiger partial charge in [-0.25, -0.2) is 17.6 Å². The number of rotatable bonds is 7. The molecule has 3 aromatic carbocycles. The first kappa shape index (κ1) is 24.3. The fraction of sp³-hybridized carbons (Fsp3) is 0.130. The van der Waals surface area contributed by atoms with Crippen molar-refractivity contribution in [1.29, 1.82) is 0 Å². The zero-order chi connectivity index (χ0) is 24.3. The summed E-state index contributed by atoms with van der Waals surface area (Å²) < 4.78 is 88.5. The second-order valence-corrected chi connectivity index (χ2v) is 7.47. The number of aldehydes is 1. The average molecular weight is 487 g/mol. The van der Waals surface area contributed by atoms with Gasteiger partial charge in [0.2, 0.25) is 40.0 Å². The number of esters is 1. The molecule has 0 saturated heterocycles. The smallest absolute Gasteiger partial charge is 0.319 e. The van der Waals surface area contributed by atoms with Crippen molar-refractivity contribution in [3.05, 3.63) is 101 Å². The van der Waals surface area contributed by atoms with Gasteiger partial charge in [-0.1, -0.05) is 72.3 Å². The lowest BCUT2D eigenvalue weighted by atomic mass is 9.78. The molecule has 3 aromatic rings. The first-order chi connectivity index (χ1) is 15.6. The first-order valence-corrected chi connectivity index (χ1v) is 9.65. The number of carbonyl (C=O) groups is 2. The molecule has 0 aliphatic rings. The minimum Gasteiger partial charge on any atom is -0.419 e. The fourth-order valence-corrected chi connectivity index (χ4v) is 3.59. The monoisotopic (exact) mass is 486 g/mol. The highest BCUT2D eigenvalue weighted by atomic mass is 35.5. The summed E-state index contributed by atoms with van der Waals surface area (Å²) in [6.45, 7) is 0. The molecule has 0 heterocycles. The molecule has 0 bridgehead atoms. The van der Waals surface area contributed by atoms with E-state index in [1.54, 1.807) is 6.07 Å². The minimum absolute atomic E-state index is 0.00440. The predicted octanol–water partition coefficient (Wildman–Crippen LogP) is 5.96. The lowest BCUT2D eigenvalue weighted by Gasteiger charge is -2.31. The van der Waals surface area contributed by atoms with Crippen molar-refractivity contribution in [2.24, 2.45) is 0 Å². The van der Waals surface area contributed by atoms with Gasteiger partial charge in [0.05, 0.1) is 11.8 Å². The highest BCUT2D eigenvalue weighted by molar-refractivity contribution is 6.31. The van der Waals surface area contributed by atoms with Crippen LogP contribution in [0.15, 0.2) is 60.7 Å². The van der Waals surface area contributed by atoms with Gasteiger partial charge < -0.3 is 4.74 Å². The van der Waals surface area contributed by atoms with Crippen molar-refractivity contribution in [1.82, 2.24) is 0 Å². The summed E-state index contributed by atoms with van der Waals surface area (Å²) in [5, 5.41) is -3.21. The maximum atomic E-state index is 15.2. The molecule has 3 atom stereocenters. The van der Waals surface area contributed by atoms with Gasteiger partial charge in [0.25, 0.3) is 0 Å². The largest absolute Gasteiger partial charge is 0.419 e. The number of alkyl halides is 2. The molecule has 0 fully saturated rings. The molecule has 0 unspecified atom stereocenters. The molecule has 0 aliphatic carbocycles. The predicted molar refractivity (Wildman–Crippen MR) is 106 cm³/mol. The van der Waals surface area contributed by atoms with Gasteiger partial charge in [0.15, 0.2) is 6.29 Å². The van der Waals surface area contributed by atoms with E-state index in [9.17, 15) is 31.5 Å². The summed E-state index contributed by atoms with van der Waals surface area (Å²) in [6, 6.07) is 14.2. The Morgan fingerprint density at radius 2 is 1.21 bits per heavy atom. The first-order valence-electron chi connectivity index (χ1n) is 9.27. The molecule has 3 rings (SSSR count). The summed E-state index contributed by atoms with van der Waals surface area (Å²) in [4.78, 5) is 24.5. The normalized spacial score (nSPS) is 14.8. The lowest BCUT2D eigenvalue weighted by Crippen LogP contribution is -2.37. The molecule has 0 aromatic heterocycles. The zero-order valence-corrected chi connectivity index (χ0v) is 17.1. The van der Waals surface area contributed by atoms with Crippen LogP contribution in [0.3, 0.4) is 0 Å². The van der Waals surface area contributed by atoms with Gasteiger partial charge >= 0.3 is 5.97 Å². The van der Waals surface area contributed by atoms with Crippen LogP contribution in [-0.2, 0) is 9.59 Å². The van der Waals surface area contributed by atoms with Gasteiger partial charge in [-0.3, -0.25) is 9.59 Å². The van der Waals surface area contributed by atoms with Crippen LogP contribution in [0.1, 0.15) is 23.0 Å². The highest BCUT2D eigenvalue weighted by Crippen LogP contribution is 2.45. The molecule has 0 N–H and O–H groups in total. The van der Waals surface area contributed by atoms with E-state index in [0.29, 0.717) is 0 Å². The van der Waals surface area contributed by atoms with E-state index in [1.807, 2.05) is 0 Å². The molecular weight excluding hydrogens is 474 g/mol. The summed E-state index contributed by atoms with van der Waals surface area (Å²) in [6.07, 6.45) is -0.270. The maximum absolute atomic E-state index is 15.2. The SMILES string of the molecule is O=C[C@@](F)(Cl)[C@H](c1ccccc1)[C@@H](C(=O)Oc1c(F)c(F)c(F)c(F)c1F)c1ccccc1. The number of hydrogen-bond donors (Lipinski definition) is 0. The highest BCUT2D eigenvalue weighted by Gasteiger charge is 2.48. The number of benzene rings is 3. The Bertz CT molecular complexity index is 1140. The van der Waals surface area contributed by atoms with E-state index in [0.717, 1.165) is 0 Å². The Morgan fingerprint density at radius 3 is 1.67 bits per heavy atom. The van der Waals surface area contributed by atoms with Gasteiger partial charge in [-0.15, -0.1) is 0 Å². The van der Waals surface area contributed by atoms with Crippen LogP contribution in [0.4, 0.5) is 26.3 Å². The van der Waals surface area contributed by atoms with Crippen LogP contribution in [0.25, 0.3) is 0 Å². The van der Waals surface area contributed by atoms with Crippen LogP contribution in [0, 0.1) is 29.1 Å². The maximum Gasteiger partial charge on any atom is 0.319 e. The topological polar surface area (TPSA) is 43.4 Å². The number of carbonyl (C=O) groups excluding carboxylic acids is 2.